The molecule has 1 rings (SSSR count). The Bertz CT molecular complexity index is 383. The zero-order valence-corrected chi connectivity index (χ0v) is 12.1. The molecule has 93 valence electrons. The molecule has 0 heterocycles. The van der Waals surface area contributed by atoms with E-state index in [0.717, 1.165) is 5.19 Å². The predicted molar refractivity (Wildman–Crippen MR) is 70.3 cm³/mol. The normalized spacial score (nSPS) is 10.2. The monoisotopic (exact) mass is 271 g/mol. The Balaban J connectivity index is 3.29. The molecular formula is C12H16ClO3Si. The third-order valence-electron chi connectivity index (χ3n) is 2.02. The van der Waals surface area contributed by atoms with Crippen LogP contribution in [0.1, 0.15) is 20.8 Å². The molecule has 0 aliphatic heterocycles. The first-order valence-corrected chi connectivity index (χ1v) is 6.49. The number of rotatable bonds is 6. The lowest BCUT2D eigenvalue weighted by molar-refractivity contribution is 0.261. The standard InChI is InChI=1S/C12H16ClO3Si/c1-4-14-8-7-9(17)10(13)12(16-6-3)11(8)15-5-2/h7H,4-6H2,1-3H3. The quantitative estimate of drug-likeness (QED) is 0.744. The fourth-order valence-corrected chi connectivity index (χ4v) is 1.85. The van der Waals surface area contributed by atoms with E-state index >= 15 is 0 Å². The van der Waals surface area contributed by atoms with E-state index in [0.29, 0.717) is 42.1 Å². The highest BCUT2D eigenvalue weighted by Gasteiger charge is 2.18. The van der Waals surface area contributed by atoms with Crippen LogP contribution in [0.15, 0.2) is 6.07 Å². The van der Waals surface area contributed by atoms with Gasteiger partial charge in [-0.15, -0.1) is 0 Å². The van der Waals surface area contributed by atoms with Crippen molar-refractivity contribution in [2.45, 2.75) is 20.8 Å². The SMILES string of the molecule is CCOc1cc([Si])c(Cl)c(OCC)c1OCC. The highest BCUT2D eigenvalue weighted by atomic mass is 35.5. The van der Waals surface area contributed by atoms with Gasteiger partial charge < -0.3 is 14.2 Å². The first-order valence-electron chi connectivity index (χ1n) is 5.62. The van der Waals surface area contributed by atoms with Crippen LogP contribution < -0.4 is 19.4 Å². The van der Waals surface area contributed by atoms with Crippen LogP contribution in [0.3, 0.4) is 0 Å². The molecule has 3 nitrogen and oxygen atoms in total. The van der Waals surface area contributed by atoms with Crippen molar-refractivity contribution in [3.8, 4) is 17.2 Å². The molecule has 1 aromatic rings. The minimum absolute atomic E-state index is 0.496. The van der Waals surface area contributed by atoms with Gasteiger partial charge in [0.25, 0.3) is 0 Å². The average molecular weight is 272 g/mol. The largest absolute Gasteiger partial charge is 0.490 e. The maximum Gasteiger partial charge on any atom is 0.205 e. The summed E-state index contributed by atoms with van der Waals surface area (Å²) in [6, 6.07) is 1.79. The molecule has 3 radical (unpaired) electrons. The van der Waals surface area contributed by atoms with E-state index in [-0.39, 0.29) is 0 Å². The van der Waals surface area contributed by atoms with E-state index in [1.165, 1.54) is 0 Å². The topological polar surface area (TPSA) is 27.7 Å². The van der Waals surface area contributed by atoms with Gasteiger partial charge in [0, 0.05) is 0 Å². The van der Waals surface area contributed by atoms with Crippen LogP contribution in [-0.2, 0) is 0 Å². The third-order valence-corrected chi connectivity index (χ3v) is 2.95. The first-order chi connectivity index (χ1) is 8.15. The fraction of sp³-hybridized carbons (Fsp3) is 0.500. The minimum Gasteiger partial charge on any atom is -0.490 e. The summed E-state index contributed by atoms with van der Waals surface area (Å²) in [5.74, 6) is 1.71. The molecule has 0 aromatic heterocycles. The molecule has 0 unspecified atom stereocenters. The molecule has 0 amide bonds. The average Bonchev–Trinajstić information content (AvgIpc) is 2.30. The minimum atomic E-state index is 0.496. The number of hydrogen-bond donors (Lipinski definition) is 0. The Hall–Kier alpha value is -0.873. The van der Waals surface area contributed by atoms with Gasteiger partial charge in [0.2, 0.25) is 5.75 Å². The molecular weight excluding hydrogens is 256 g/mol. The molecule has 5 heteroatoms. The van der Waals surface area contributed by atoms with Crippen LogP contribution in [0.25, 0.3) is 0 Å². The Kier molecular flexibility index (Phi) is 5.65. The summed E-state index contributed by atoms with van der Waals surface area (Å²) in [6.45, 7) is 7.31. The summed E-state index contributed by atoms with van der Waals surface area (Å²) in [4.78, 5) is 0. The number of halogens is 1. The Labute approximate surface area is 110 Å². The summed E-state index contributed by atoms with van der Waals surface area (Å²) in [5.41, 5.74) is 0. The van der Waals surface area contributed by atoms with Gasteiger partial charge in [-0.05, 0) is 32.0 Å². The van der Waals surface area contributed by atoms with E-state index in [2.05, 4.69) is 10.2 Å². The summed E-state index contributed by atoms with van der Waals surface area (Å²) in [7, 11) is 3.43. The maximum absolute atomic E-state index is 6.18. The summed E-state index contributed by atoms with van der Waals surface area (Å²) in [6.07, 6.45) is 0. The van der Waals surface area contributed by atoms with Gasteiger partial charge in [0.15, 0.2) is 11.5 Å². The van der Waals surface area contributed by atoms with Crippen molar-refractivity contribution in [2.24, 2.45) is 0 Å². The fourth-order valence-electron chi connectivity index (χ4n) is 1.41. The van der Waals surface area contributed by atoms with Gasteiger partial charge in [-0.2, -0.15) is 0 Å². The predicted octanol–water partition coefficient (Wildman–Crippen LogP) is 2.33. The highest BCUT2D eigenvalue weighted by molar-refractivity contribution is 6.46. The number of ether oxygens (including phenoxy) is 3. The van der Waals surface area contributed by atoms with Gasteiger partial charge in [0.1, 0.15) is 0 Å². The van der Waals surface area contributed by atoms with Gasteiger partial charge in [-0.25, -0.2) is 0 Å². The van der Waals surface area contributed by atoms with Crippen LogP contribution in [0.2, 0.25) is 5.02 Å². The van der Waals surface area contributed by atoms with E-state index in [1.807, 2.05) is 20.8 Å². The second-order valence-corrected chi connectivity index (χ2v) is 4.11. The molecule has 0 aliphatic rings. The van der Waals surface area contributed by atoms with Crippen molar-refractivity contribution < 1.29 is 14.2 Å². The van der Waals surface area contributed by atoms with E-state index in [1.54, 1.807) is 6.07 Å². The van der Waals surface area contributed by atoms with Crippen molar-refractivity contribution in [3.05, 3.63) is 11.1 Å². The number of benzene rings is 1. The first kappa shape index (κ1) is 14.2. The van der Waals surface area contributed by atoms with Crippen LogP contribution >= 0.6 is 11.6 Å². The number of hydrogen-bond acceptors (Lipinski definition) is 3. The van der Waals surface area contributed by atoms with Crippen LogP contribution in [0, 0.1) is 0 Å². The lowest BCUT2D eigenvalue weighted by atomic mass is 10.3. The van der Waals surface area contributed by atoms with Crippen molar-refractivity contribution in [1.29, 1.82) is 0 Å². The molecule has 1 aromatic carbocycles. The van der Waals surface area contributed by atoms with E-state index in [9.17, 15) is 0 Å². The molecule has 0 bridgehead atoms. The third kappa shape index (κ3) is 3.29. The Morgan fingerprint density at radius 3 is 2.06 bits per heavy atom. The molecule has 0 fully saturated rings. The van der Waals surface area contributed by atoms with Crippen molar-refractivity contribution >= 4 is 27.0 Å². The molecule has 0 spiro atoms. The molecule has 0 saturated heterocycles. The Morgan fingerprint density at radius 1 is 1.00 bits per heavy atom. The maximum atomic E-state index is 6.18. The van der Waals surface area contributed by atoms with E-state index < -0.39 is 0 Å². The smallest absolute Gasteiger partial charge is 0.205 e. The second kappa shape index (κ2) is 6.76. The van der Waals surface area contributed by atoms with Gasteiger partial charge in [-0.3, -0.25) is 0 Å². The summed E-state index contributed by atoms with van der Waals surface area (Å²) >= 11 is 6.18. The van der Waals surface area contributed by atoms with Crippen molar-refractivity contribution in [1.82, 2.24) is 0 Å². The zero-order chi connectivity index (χ0) is 12.8. The summed E-state index contributed by atoms with van der Waals surface area (Å²) < 4.78 is 16.6. The van der Waals surface area contributed by atoms with Gasteiger partial charge >= 0.3 is 0 Å². The van der Waals surface area contributed by atoms with E-state index in [4.69, 9.17) is 25.8 Å². The molecule has 0 atom stereocenters. The molecule has 0 aliphatic carbocycles. The molecule has 0 N–H and O–H groups in total. The lowest BCUT2D eigenvalue weighted by Crippen LogP contribution is -2.11. The van der Waals surface area contributed by atoms with Crippen molar-refractivity contribution in [3.63, 3.8) is 0 Å². The van der Waals surface area contributed by atoms with Gasteiger partial charge in [-0.1, -0.05) is 11.6 Å². The van der Waals surface area contributed by atoms with Crippen LogP contribution in [-0.4, -0.2) is 30.1 Å². The Morgan fingerprint density at radius 2 is 1.53 bits per heavy atom. The zero-order valence-electron chi connectivity index (χ0n) is 10.3. The molecule has 0 saturated carbocycles. The van der Waals surface area contributed by atoms with Crippen molar-refractivity contribution in [2.75, 3.05) is 19.8 Å². The highest BCUT2D eigenvalue weighted by Crippen LogP contribution is 2.41. The van der Waals surface area contributed by atoms with Crippen LogP contribution in [0.4, 0.5) is 0 Å². The molecule has 17 heavy (non-hydrogen) atoms. The lowest BCUT2D eigenvalue weighted by Gasteiger charge is -2.17. The van der Waals surface area contributed by atoms with Gasteiger partial charge in [0.05, 0.1) is 35.1 Å². The second-order valence-electron chi connectivity index (χ2n) is 3.19. The summed E-state index contributed by atoms with van der Waals surface area (Å²) in [5, 5.41) is 1.22. The van der Waals surface area contributed by atoms with Crippen LogP contribution in [0.5, 0.6) is 17.2 Å².